The Kier molecular flexibility index (Phi) is 3.69. The number of hydrogen-bond donors (Lipinski definition) is 1. The summed E-state index contributed by atoms with van der Waals surface area (Å²) in [6, 6.07) is 5.93. The van der Waals surface area contributed by atoms with Crippen molar-refractivity contribution in [2.24, 2.45) is 0 Å². The van der Waals surface area contributed by atoms with Crippen LogP contribution in [0.1, 0.15) is 5.56 Å². The second-order valence-corrected chi connectivity index (χ2v) is 2.79. The molecule has 1 aromatic carbocycles. The third kappa shape index (κ3) is 3.28. The zero-order valence-corrected chi connectivity index (χ0v) is 7.59. The molecule has 14 heavy (non-hydrogen) atoms. The van der Waals surface area contributed by atoms with Crippen molar-refractivity contribution in [3.05, 3.63) is 35.6 Å². The number of hydrogen-bond acceptors (Lipinski definition) is 1. The highest BCUT2D eigenvalue weighted by molar-refractivity contribution is 5.78. The van der Waals surface area contributed by atoms with Crippen molar-refractivity contribution in [2.75, 3.05) is 6.54 Å². The first-order valence-electron chi connectivity index (χ1n) is 4.17. The van der Waals surface area contributed by atoms with Crippen LogP contribution >= 0.6 is 0 Å². The van der Waals surface area contributed by atoms with Crippen LogP contribution in [0.25, 0.3) is 0 Å². The van der Waals surface area contributed by atoms with Crippen LogP contribution in [0.5, 0.6) is 0 Å². The largest absolute Gasteiger partial charge is 0.345 e. The molecule has 0 saturated carbocycles. The summed E-state index contributed by atoms with van der Waals surface area (Å²) in [7, 11) is 0. The third-order valence-corrected chi connectivity index (χ3v) is 1.64. The van der Waals surface area contributed by atoms with Gasteiger partial charge in [0.05, 0.1) is 13.0 Å². The quantitative estimate of drug-likeness (QED) is 0.713. The van der Waals surface area contributed by atoms with Gasteiger partial charge in [-0.2, -0.15) is 0 Å². The van der Waals surface area contributed by atoms with E-state index in [1.165, 1.54) is 12.1 Å². The van der Waals surface area contributed by atoms with E-state index in [-0.39, 0.29) is 24.7 Å². The summed E-state index contributed by atoms with van der Waals surface area (Å²) < 4.78 is 12.7. The molecule has 0 atom stereocenters. The molecule has 0 saturated heterocycles. The number of nitrogens with one attached hydrogen (secondary N) is 1. The molecule has 0 bridgehead atoms. The molecule has 2 nitrogen and oxygen atoms in total. The van der Waals surface area contributed by atoms with Gasteiger partial charge < -0.3 is 5.32 Å². The Morgan fingerprint density at radius 1 is 1.57 bits per heavy atom. The van der Waals surface area contributed by atoms with E-state index in [0.717, 1.165) is 0 Å². The van der Waals surface area contributed by atoms with Gasteiger partial charge >= 0.3 is 0 Å². The average Bonchev–Trinajstić information content (AvgIpc) is 2.15. The number of halogens is 1. The van der Waals surface area contributed by atoms with E-state index in [2.05, 4.69) is 11.2 Å². The Balaban J connectivity index is 2.53. The minimum absolute atomic E-state index is 0.152. The molecule has 0 aliphatic heterocycles. The molecule has 3 heteroatoms. The van der Waals surface area contributed by atoms with Gasteiger partial charge in [0.15, 0.2) is 0 Å². The summed E-state index contributed by atoms with van der Waals surface area (Å²) in [5, 5.41) is 2.50. The monoisotopic (exact) mass is 191 g/mol. The summed E-state index contributed by atoms with van der Waals surface area (Å²) in [5.41, 5.74) is 0.638. The SMILES string of the molecule is C#CCNC(=O)Cc1cccc(F)c1. The maximum atomic E-state index is 12.7. The van der Waals surface area contributed by atoms with Gasteiger partial charge in [0.25, 0.3) is 0 Å². The highest BCUT2D eigenvalue weighted by atomic mass is 19.1. The van der Waals surface area contributed by atoms with Crippen molar-refractivity contribution in [2.45, 2.75) is 6.42 Å². The zero-order chi connectivity index (χ0) is 10.4. The molecule has 0 radical (unpaired) electrons. The van der Waals surface area contributed by atoms with Crippen molar-refractivity contribution in [3.63, 3.8) is 0 Å². The van der Waals surface area contributed by atoms with E-state index < -0.39 is 0 Å². The fourth-order valence-electron chi connectivity index (χ4n) is 1.04. The van der Waals surface area contributed by atoms with Crippen LogP contribution in [0, 0.1) is 18.2 Å². The lowest BCUT2D eigenvalue weighted by atomic mass is 10.1. The zero-order valence-electron chi connectivity index (χ0n) is 7.59. The van der Waals surface area contributed by atoms with Gasteiger partial charge in [-0.3, -0.25) is 4.79 Å². The van der Waals surface area contributed by atoms with Crippen LogP contribution in [0.3, 0.4) is 0 Å². The van der Waals surface area contributed by atoms with Crippen molar-refractivity contribution in [1.82, 2.24) is 5.32 Å². The van der Waals surface area contributed by atoms with Gasteiger partial charge in [-0.1, -0.05) is 18.1 Å². The van der Waals surface area contributed by atoms with Gasteiger partial charge in [-0.05, 0) is 17.7 Å². The molecular formula is C11H10FNO. The molecule has 1 amide bonds. The third-order valence-electron chi connectivity index (χ3n) is 1.64. The van der Waals surface area contributed by atoms with Gasteiger partial charge in [-0.25, -0.2) is 4.39 Å². The lowest BCUT2D eigenvalue weighted by Crippen LogP contribution is -2.25. The Labute approximate surface area is 82.1 Å². The van der Waals surface area contributed by atoms with Crippen LogP contribution in [0.4, 0.5) is 4.39 Å². The maximum Gasteiger partial charge on any atom is 0.225 e. The van der Waals surface area contributed by atoms with Crippen LogP contribution in [0.15, 0.2) is 24.3 Å². The normalized spacial score (nSPS) is 9.14. The predicted molar refractivity (Wildman–Crippen MR) is 51.9 cm³/mol. The first kappa shape index (κ1) is 10.3. The van der Waals surface area contributed by atoms with E-state index in [1.54, 1.807) is 12.1 Å². The summed E-state index contributed by atoms with van der Waals surface area (Å²) in [6.07, 6.45) is 5.12. The van der Waals surface area contributed by atoms with Crippen molar-refractivity contribution in [3.8, 4) is 12.3 Å². The van der Waals surface area contributed by atoms with E-state index in [9.17, 15) is 9.18 Å². The highest BCUT2D eigenvalue weighted by Crippen LogP contribution is 2.03. The average molecular weight is 191 g/mol. The Hall–Kier alpha value is -1.82. The molecule has 0 aromatic heterocycles. The topological polar surface area (TPSA) is 29.1 Å². The van der Waals surface area contributed by atoms with E-state index in [4.69, 9.17) is 6.42 Å². The number of rotatable bonds is 3. The molecule has 72 valence electrons. The molecular weight excluding hydrogens is 181 g/mol. The van der Waals surface area contributed by atoms with E-state index in [1.807, 2.05) is 0 Å². The molecule has 0 heterocycles. The maximum absolute atomic E-state index is 12.7. The molecule has 0 aliphatic rings. The van der Waals surface area contributed by atoms with Crippen LogP contribution in [0.2, 0.25) is 0 Å². The minimum atomic E-state index is -0.341. The molecule has 1 N–H and O–H groups in total. The van der Waals surface area contributed by atoms with Crippen LogP contribution in [-0.2, 0) is 11.2 Å². The second kappa shape index (κ2) is 5.03. The summed E-state index contributed by atoms with van der Waals surface area (Å²) in [5.74, 6) is 1.75. The highest BCUT2D eigenvalue weighted by Gasteiger charge is 2.02. The van der Waals surface area contributed by atoms with Crippen molar-refractivity contribution in [1.29, 1.82) is 0 Å². The van der Waals surface area contributed by atoms with Gasteiger partial charge in [-0.15, -0.1) is 6.42 Å². The number of carbonyl (C=O) groups is 1. The van der Waals surface area contributed by atoms with Gasteiger partial charge in [0.2, 0.25) is 5.91 Å². The second-order valence-electron chi connectivity index (χ2n) is 2.79. The molecule has 1 rings (SSSR count). The Morgan fingerprint density at radius 2 is 2.36 bits per heavy atom. The lowest BCUT2D eigenvalue weighted by Gasteiger charge is -2.01. The Morgan fingerprint density at radius 3 is 3.00 bits per heavy atom. The van der Waals surface area contributed by atoms with Crippen LogP contribution < -0.4 is 5.32 Å². The van der Waals surface area contributed by atoms with E-state index >= 15 is 0 Å². The fourth-order valence-corrected chi connectivity index (χ4v) is 1.04. The molecule has 0 aliphatic carbocycles. The summed E-state index contributed by atoms with van der Waals surface area (Å²) in [4.78, 5) is 11.2. The number of benzene rings is 1. The van der Waals surface area contributed by atoms with Gasteiger partial charge in [0.1, 0.15) is 5.82 Å². The van der Waals surface area contributed by atoms with Crippen molar-refractivity contribution < 1.29 is 9.18 Å². The summed E-state index contributed by atoms with van der Waals surface area (Å²) in [6.45, 7) is 0.203. The first-order valence-corrected chi connectivity index (χ1v) is 4.17. The van der Waals surface area contributed by atoms with Gasteiger partial charge in [0, 0.05) is 0 Å². The van der Waals surface area contributed by atoms with E-state index in [0.29, 0.717) is 5.56 Å². The molecule has 0 fully saturated rings. The van der Waals surface area contributed by atoms with Crippen LogP contribution in [-0.4, -0.2) is 12.5 Å². The predicted octanol–water partition coefficient (Wildman–Crippen LogP) is 1.12. The fraction of sp³-hybridized carbons (Fsp3) is 0.182. The minimum Gasteiger partial charge on any atom is -0.345 e. The Bertz CT molecular complexity index is 368. The smallest absolute Gasteiger partial charge is 0.225 e. The standard InChI is InChI=1S/C11H10FNO/c1-2-6-13-11(14)8-9-4-3-5-10(12)7-9/h1,3-5,7H,6,8H2,(H,13,14). The number of terminal acetylenes is 1. The summed E-state index contributed by atoms with van der Waals surface area (Å²) >= 11 is 0. The lowest BCUT2D eigenvalue weighted by molar-refractivity contribution is -0.120. The molecule has 1 aromatic rings. The number of carbonyl (C=O) groups excluding carboxylic acids is 1. The first-order chi connectivity index (χ1) is 6.72. The molecule has 0 spiro atoms. The van der Waals surface area contributed by atoms with Crippen molar-refractivity contribution >= 4 is 5.91 Å². The number of amides is 1. The molecule has 0 unspecified atom stereocenters.